The first-order chi connectivity index (χ1) is 13.0. The predicted molar refractivity (Wildman–Crippen MR) is 95.6 cm³/mol. The number of benzene rings is 1. The Bertz CT molecular complexity index is 811. The molecule has 1 unspecified atom stereocenters. The number of imide groups is 1. The number of nitrogens with zero attached hydrogens (tertiary/aromatic N) is 1. The van der Waals surface area contributed by atoms with Crippen molar-refractivity contribution in [1.82, 2.24) is 15.5 Å². The molecule has 1 atom stereocenters. The third-order valence-electron chi connectivity index (χ3n) is 4.67. The molecule has 0 aromatic heterocycles. The lowest BCUT2D eigenvalue weighted by Crippen LogP contribution is -2.52. The van der Waals surface area contributed by atoms with E-state index in [0.29, 0.717) is 12.1 Å². The van der Waals surface area contributed by atoms with Crippen LogP contribution in [-0.2, 0) is 9.53 Å². The van der Waals surface area contributed by atoms with E-state index in [9.17, 15) is 19.2 Å². The molecule has 2 heterocycles. The van der Waals surface area contributed by atoms with Gasteiger partial charge < -0.3 is 15.4 Å². The normalized spacial score (nSPS) is 19.4. The Kier molecular flexibility index (Phi) is 5.25. The standard InChI is InChI=1S/C19H21N3O5/c1-3-4-9-14-13(18(25)27-2)10-15(21-19(26)20-14)22-16(23)11-7-5-6-8-12(11)17(22)24/h5-8,15H,3-4,9-10H2,1-2H3,(H2,20,21,26). The highest BCUT2D eigenvalue weighted by Gasteiger charge is 2.42. The Morgan fingerprint density at radius 2 is 1.81 bits per heavy atom. The monoisotopic (exact) mass is 371 g/mol. The fraction of sp³-hybridized carbons (Fsp3) is 0.368. The summed E-state index contributed by atoms with van der Waals surface area (Å²) in [6.07, 6.45) is 1.14. The molecular formula is C19H21N3O5. The summed E-state index contributed by atoms with van der Waals surface area (Å²) in [6.45, 7) is 2.00. The van der Waals surface area contributed by atoms with Gasteiger partial charge in [-0.25, -0.2) is 9.59 Å². The molecule has 8 nitrogen and oxygen atoms in total. The summed E-state index contributed by atoms with van der Waals surface area (Å²) in [4.78, 5) is 51.1. The van der Waals surface area contributed by atoms with Gasteiger partial charge in [-0.2, -0.15) is 0 Å². The number of urea groups is 1. The van der Waals surface area contributed by atoms with Gasteiger partial charge in [-0.3, -0.25) is 14.5 Å². The van der Waals surface area contributed by atoms with Crippen LogP contribution >= 0.6 is 0 Å². The molecule has 142 valence electrons. The van der Waals surface area contributed by atoms with Gasteiger partial charge in [0.1, 0.15) is 6.17 Å². The zero-order valence-electron chi connectivity index (χ0n) is 15.2. The van der Waals surface area contributed by atoms with Crippen molar-refractivity contribution in [2.75, 3.05) is 7.11 Å². The van der Waals surface area contributed by atoms with Crippen molar-refractivity contribution in [3.63, 3.8) is 0 Å². The van der Waals surface area contributed by atoms with Gasteiger partial charge in [-0.05, 0) is 25.0 Å². The average molecular weight is 371 g/mol. The number of fused-ring (bicyclic) bond motifs is 1. The number of unbranched alkanes of at least 4 members (excludes halogenated alkanes) is 1. The van der Waals surface area contributed by atoms with Crippen LogP contribution in [0.1, 0.15) is 53.3 Å². The molecular weight excluding hydrogens is 350 g/mol. The van der Waals surface area contributed by atoms with Gasteiger partial charge in [0.25, 0.3) is 11.8 Å². The van der Waals surface area contributed by atoms with Crippen LogP contribution < -0.4 is 10.6 Å². The molecule has 0 saturated heterocycles. The molecule has 1 aromatic rings. The number of carbonyl (C=O) groups excluding carboxylic acids is 4. The molecule has 2 N–H and O–H groups in total. The fourth-order valence-corrected chi connectivity index (χ4v) is 3.31. The van der Waals surface area contributed by atoms with Crippen LogP contribution in [0.2, 0.25) is 0 Å². The molecule has 4 amide bonds. The van der Waals surface area contributed by atoms with Gasteiger partial charge in [0.15, 0.2) is 0 Å². The van der Waals surface area contributed by atoms with E-state index in [-0.39, 0.29) is 23.1 Å². The summed E-state index contributed by atoms with van der Waals surface area (Å²) in [7, 11) is 1.25. The summed E-state index contributed by atoms with van der Waals surface area (Å²) in [6, 6.07) is 5.90. The van der Waals surface area contributed by atoms with Crippen LogP contribution in [0.4, 0.5) is 4.79 Å². The Hall–Kier alpha value is -3.16. The molecule has 0 aliphatic carbocycles. The zero-order chi connectivity index (χ0) is 19.6. The highest BCUT2D eigenvalue weighted by Crippen LogP contribution is 2.28. The highest BCUT2D eigenvalue weighted by atomic mass is 16.5. The third kappa shape index (κ3) is 3.42. The van der Waals surface area contributed by atoms with E-state index in [0.717, 1.165) is 17.7 Å². The molecule has 0 spiro atoms. The number of nitrogens with one attached hydrogen (secondary N) is 2. The van der Waals surface area contributed by atoms with Gasteiger partial charge in [0, 0.05) is 12.1 Å². The van der Waals surface area contributed by atoms with Crippen molar-refractivity contribution in [2.24, 2.45) is 0 Å². The van der Waals surface area contributed by atoms with Crippen LogP contribution in [0.3, 0.4) is 0 Å². The summed E-state index contributed by atoms with van der Waals surface area (Å²) < 4.78 is 4.85. The van der Waals surface area contributed by atoms with Crippen molar-refractivity contribution in [2.45, 2.75) is 38.8 Å². The third-order valence-corrected chi connectivity index (χ3v) is 4.67. The van der Waals surface area contributed by atoms with E-state index in [1.165, 1.54) is 7.11 Å². The number of rotatable bonds is 5. The van der Waals surface area contributed by atoms with Crippen LogP contribution in [-0.4, -0.2) is 42.0 Å². The Labute approximate surface area is 156 Å². The first-order valence-corrected chi connectivity index (χ1v) is 8.82. The maximum absolute atomic E-state index is 12.7. The Morgan fingerprint density at radius 1 is 1.19 bits per heavy atom. The van der Waals surface area contributed by atoms with Gasteiger partial charge >= 0.3 is 12.0 Å². The summed E-state index contributed by atoms with van der Waals surface area (Å²) in [5.41, 5.74) is 1.28. The highest BCUT2D eigenvalue weighted by molar-refractivity contribution is 6.21. The van der Waals surface area contributed by atoms with Gasteiger partial charge in [0.05, 0.1) is 23.8 Å². The lowest BCUT2D eigenvalue weighted by molar-refractivity contribution is -0.136. The maximum Gasteiger partial charge on any atom is 0.335 e. The number of hydrogen-bond acceptors (Lipinski definition) is 5. The van der Waals surface area contributed by atoms with E-state index in [2.05, 4.69) is 10.6 Å². The smallest absolute Gasteiger partial charge is 0.335 e. The number of carbonyl (C=O) groups is 4. The van der Waals surface area contributed by atoms with Crippen molar-refractivity contribution < 1.29 is 23.9 Å². The lowest BCUT2D eigenvalue weighted by atomic mass is 10.0. The molecule has 2 aliphatic heterocycles. The summed E-state index contributed by atoms with van der Waals surface area (Å²) in [5, 5.41) is 5.28. The number of amides is 4. The van der Waals surface area contributed by atoms with E-state index in [4.69, 9.17) is 4.74 Å². The quantitative estimate of drug-likeness (QED) is 0.608. The van der Waals surface area contributed by atoms with Gasteiger partial charge in [-0.1, -0.05) is 25.5 Å². The molecule has 3 rings (SSSR count). The van der Waals surface area contributed by atoms with E-state index in [1.54, 1.807) is 24.3 Å². The largest absolute Gasteiger partial charge is 0.466 e. The van der Waals surface area contributed by atoms with E-state index in [1.807, 2.05) is 6.92 Å². The second-order valence-electron chi connectivity index (χ2n) is 6.40. The molecule has 0 bridgehead atoms. The van der Waals surface area contributed by atoms with Crippen LogP contribution in [0, 0.1) is 0 Å². The van der Waals surface area contributed by atoms with Gasteiger partial charge in [-0.15, -0.1) is 0 Å². The SMILES string of the molecule is CCCCC1=C(C(=O)OC)CC(N2C(=O)c3ccccc3C2=O)NC(=O)N1. The minimum atomic E-state index is -0.981. The molecule has 2 aliphatic rings. The maximum atomic E-state index is 12.7. The number of methoxy groups -OCH3 is 1. The van der Waals surface area contributed by atoms with Crippen LogP contribution in [0.25, 0.3) is 0 Å². The minimum Gasteiger partial charge on any atom is -0.466 e. The fourth-order valence-electron chi connectivity index (χ4n) is 3.31. The molecule has 1 aromatic carbocycles. The first-order valence-electron chi connectivity index (χ1n) is 8.82. The summed E-state index contributed by atoms with van der Waals surface area (Å²) in [5.74, 6) is -1.59. The van der Waals surface area contributed by atoms with Crippen molar-refractivity contribution in [3.8, 4) is 0 Å². The summed E-state index contributed by atoms with van der Waals surface area (Å²) >= 11 is 0. The average Bonchev–Trinajstić information content (AvgIpc) is 2.81. The topological polar surface area (TPSA) is 105 Å². The van der Waals surface area contributed by atoms with Crippen molar-refractivity contribution in [1.29, 1.82) is 0 Å². The van der Waals surface area contributed by atoms with Crippen LogP contribution in [0.15, 0.2) is 35.5 Å². The predicted octanol–water partition coefficient (Wildman–Crippen LogP) is 1.93. The number of esters is 1. The van der Waals surface area contributed by atoms with Crippen LogP contribution in [0.5, 0.6) is 0 Å². The lowest BCUT2D eigenvalue weighted by Gasteiger charge is -2.25. The number of ether oxygens (including phenoxy) is 1. The zero-order valence-corrected chi connectivity index (χ0v) is 15.2. The molecule has 8 heteroatoms. The Balaban J connectivity index is 1.96. The number of allylic oxidation sites excluding steroid dienone is 1. The first kappa shape index (κ1) is 18.6. The minimum absolute atomic E-state index is 0.0179. The molecule has 27 heavy (non-hydrogen) atoms. The van der Waals surface area contributed by atoms with E-state index < -0.39 is 30.0 Å². The number of hydrogen-bond donors (Lipinski definition) is 2. The molecule has 0 saturated carbocycles. The Morgan fingerprint density at radius 3 is 2.37 bits per heavy atom. The second-order valence-corrected chi connectivity index (χ2v) is 6.40. The second kappa shape index (κ2) is 7.61. The van der Waals surface area contributed by atoms with Gasteiger partial charge in [0.2, 0.25) is 0 Å². The van der Waals surface area contributed by atoms with E-state index >= 15 is 0 Å². The molecule has 0 radical (unpaired) electrons. The van der Waals surface area contributed by atoms with Crippen molar-refractivity contribution in [3.05, 3.63) is 46.7 Å². The van der Waals surface area contributed by atoms with Crippen molar-refractivity contribution >= 4 is 23.8 Å². The molecule has 0 fully saturated rings.